The monoisotopic (exact) mass is 391 g/mol. The van der Waals surface area contributed by atoms with E-state index in [9.17, 15) is 9.59 Å². The van der Waals surface area contributed by atoms with E-state index in [4.69, 9.17) is 4.74 Å². The fraction of sp³-hybridized carbons (Fsp3) is 0.353. The Labute approximate surface area is 148 Å². The molecule has 6 nitrogen and oxygen atoms in total. The van der Waals surface area contributed by atoms with Crippen molar-refractivity contribution in [3.05, 3.63) is 40.5 Å². The molecule has 3 rings (SSSR count). The number of nitrogens with zero attached hydrogens (tertiary/aromatic N) is 1. The molecule has 24 heavy (non-hydrogen) atoms. The van der Waals surface area contributed by atoms with Gasteiger partial charge in [-0.1, -0.05) is 40.9 Å². The number of nitrogens with one attached hydrogen (secondary N) is 2. The summed E-state index contributed by atoms with van der Waals surface area (Å²) < 4.78 is 6.01. The van der Waals surface area contributed by atoms with Crippen LogP contribution in [-0.2, 0) is 9.53 Å². The average Bonchev–Trinajstić information content (AvgIpc) is 3.25. The lowest BCUT2D eigenvalue weighted by molar-refractivity contribution is -0.124. The van der Waals surface area contributed by atoms with E-state index < -0.39 is 5.97 Å². The standard InChI is InChI=1S/C17H18BrN3O3/c18-12-7-5-11(6-8-12)14-9-15(21-20-14)17(23)24-10-16(22)19-13-3-1-2-4-13/h5-9,13H,1-4,10H2,(H,19,22)(H,20,21). The zero-order valence-corrected chi connectivity index (χ0v) is 14.6. The molecule has 0 aliphatic heterocycles. The van der Waals surface area contributed by atoms with Crippen molar-refractivity contribution >= 4 is 27.8 Å². The van der Waals surface area contributed by atoms with Crippen LogP contribution in [0.3, 0.4) is 0 Å². The summed E-state index contributed by atoms with van der Waals surface area (Å²) in [6.45, 7) is -0.276. The van der Waals surface area contributed by atoms with Crippen LogP contribution in [0.2, 0.25) is 0 Å². The van der Waals surface area contributed by atoms with E-state index in [1.165, 1.54) is 0 Å². The van der Waals surface area contributed by atoms with Crippen molar-refractivity contribution in [3.8, 4) is 11.3 Å². The first-order valence-corrected chi connectivity index (χ1v) is 8.69. The molecule has 0 bridgehead atoms. The predicted octanol–water partition coefficient (Wildman–Crippen LogP) is 3.05. The van der Waals surface area contributed by atoms with Crippen LogP contribution in [0.1, 0.15) is 36.2 Å². The second kappa shape index (κ2) is 7.61. The lowest BCUT2D eigenvalue weighted by Gasteiger charge is -2.11. The maximum atomic E-state index is 12.0. The van der Waals surface area contributed by atoms with Crippen molar-refractivity contribution < 1.29 is 14.3 Å². The second-order valence-corrected chi connectivity index (χ2v) is 6.71. The molecule has 1 fully saturated rings. The Morgan fingerprint density at radius 3 is 2.67 bits per heavy atom. The third kappa shape index (κ3) is 4.23. The Morgan fingerprint density at radius 2 is 1.96 bits per heavy atom. The SMILES string of the molecule is O=C(COC(=O)c1cc(-c2ccc(Br)cc2)n[nH]1)NC1CCCC1. The van der Waals surface area contributed by atoms with Crippen LogP contribution in [0.5, 0.6) is 0 Å². The van der Waals surface area contributed by atoms with Crippen molar-refractivity contribution in [2.75, 3.05) is 6.61 Å². The lowest BCUT2D eigenvalue weighted by atomic mass is 10.1. The number of rotatable bonds is 5. The van der Waals surface area contributed by atoms with Gasteiger partial charge in [0.25, 0.3) is 5.91 Å². The molecule has 7 heteroatoms. The van der Waals surface area contributed by atoms with Gasteiger partial charge in [-0.2, -0.15) is 5.10 Å². The van der Waals surface area contributed by atoms with Gasteiger partial charge in [-0.05, 0) is 31.0 Å². The van der Waals surface area contributed by atoms with Crippen LogP contribution in [0.25, 0.3) is 11.3 Å². The van der Waals surface area contributed by atoms with Crippen LogP contribution < -0.4 is 5.32 Å². The van der Waals surface area contributed by atoms with Crippen molar-refractivity contribution in [3.63, 3.8) is 0 Å². The molecule has 1 aliphatic carbocycles. The average molecular weight is 392 g/mol. The first-order valence-electron chi connectivity index (χ1n) is 7.89. The zero-order chi connectivity index (χ0) is 16.9. The lowest BCUT2D eigenvalue weighted by Crippen LogP contribution is -2.35. The Hall–Kier alpha value is -2.15. The highest BCUT2D eigenvalue weighted by Crippen LogP contribution is 2.21. The van der Waals surface area contributed by atoms with Gasteiger partial charge in [0.05, 0.1) is 5.69 Å². The summed E-state index contributed by atoms with van der Waals surface area (Å²) >= 11 is 3.37. The van der Waals surface area contributed by atoms with Gasteiger partial charge in [-0.3, -0.25) is 9.89 Å². The second-order valence-electron chi connectivity index (χ2n) is 5.80. The molecular weight excluding hydrogens is 374 g/mol. The highest BCUT2D eigenvalue weighted by atomic mass is 79.9. The number of hydrogen-bond acceptors (Lipinski definition) is 4. The van der Waals surface area contributed by atoms with Gasteiger partial charge in [-0.25, -0.2) is 4.79 Å². The molecule has 1 heterocycles. The number of carbonyl (C=O) groups excluding carboxylic acids is 2. The van der Waals surface area contributed by atoms with Gasteiger partial charge >= 0.3 is 5.97 Å². The minimum absolute atomic E-state index is 0.215. The summed E-state index contributed by atoms with van der Waals surface area (Å²) in [5, 5.41) is 9.63. The van der Waals surface area contributed by atoms with Crippen molar-refractivity contribution in [1.82, 2.24) is 15.5 Å². The zero-order valence-electron chi connectivity index (χ0n) is 13.0. The number of ether oxygens (including phenoxy) is 1. The molecule has 1 saturated carbocycles. The van der Waals surface area contributed by atoms with E-state index in [1.807, 2.05) is 24.3 Å². The minimum Gasteiger partial charge on any atom is -0.451 e. The fourth-order valence-electron chi connectivity index (χ4n) is 2.74. The number of hydrogen-bond donors (Lipinski definition) is 2. The molecule has 1 aliphatic rings. The first-order chi connectivity index (χ1) is 11.6. The Morgan fingerprint density at radius 1 is 1.25 bits per heavy atom. The molecule has 0 saturated heterocycles. The maximum absolute atomic E-state index is 12.0. The summed E-state index contributed by atoms with van der Waals surface area (Å²) in [5.41, 5.74) is 1.75. The molecule has 0 spiro atoms. The number of amides is 1. The van der Waals surface area contributed by atoms with Gasteiger partial charge in [0, 0.05) is 16.1 Å². The maximum Gasteiger partial charge on any atom is 0.356 e. The molecule has 1 aromatic carbocycles. The van der Waals surface area contributed by atoms with E-state index in [-0.39, 0.29) is 24.2 Å². The van der Waals surface area contributed by atoms with E-state index in [1.54, 1.807) is 6.07 Å². The summed E-state index contributed by atoms with van der Waals surface area (Å²) in [6.07, 6.45) is 4.27. The topological polar surface area (TPSA) is 84.1 Å². The highest BCUT2D eigenvalue weighted by Gasteiger charge is 2.19. The van der Waals surface area contributed by atoms with Gasteiger partial charge in [-0.15, -0.1) is 0 Å². The molecule has 1 amide bonds. The van der Waals surface area contributed by atoms with E-state index in [0.29, 0.717) is 5.69 Å². The number of esters is 1. The van der Waals surface area contributed by atoms with Crippen molar-refractivity contribution in [2.45, 2.75) is 31.7 Å². The number of aromatic nitrogens is 2. The van der Waals surface area contributed by atoms with Crippen molar-refractivity contribution in [2.24, 2.45) is 0 Å². The Bertz CT molecular complexity index is 721. The summed E-state index contributed by atoms with van der Waals surface area (Å²) in [4.78, 5) is 23.8. The third-order valence-electron chi connectivity index (χ3n) is 3.99. The van der Waals surface area contributed by atoms with Crippen LogP contribution in [-0.4, -0.2) is 34.7 Å². The van der Waals surface area contributed by atoms with Crippen LogP contribution in [0.4, 0.5) is 0 Å². The van der Waals surface area contributed by atoms with Crippen LogP contribution >= 0.6 is 15.9 Å². The molecule has 126 valence electrons. The Balaban J connectivity index is 1.53. The molecule has 0 unspecified atom stereocenters. The smallest absolute Gasteiger partial charge is 0.356 e. The normalized spacial score (nSPS) is 14.5. The highest BCUT2D eigenvalue weighted by molar-refractivity contribution is 9.10. The number of benzene rings is 1. The van der Waals surface area contributed by atoms with Crippen molar-refractivity contribution in [1.29, 1.82) is 0 Å². The van der Waals surface area contributed by atoms with E-state index >= 15 is 0 Å². The molecule has 0 radical (unpaired) electrons. The summed E-state index contributed by atoms with van der Waals surface area (Å²) in [5.74, 6) is -0.852. The Kier molecular flexibility index (Phi) is 5.30. The fourth-order valence-corrected chi connectivity index (χ4v) is 3.01. The number of aromatic amines is 1. The summed E-state index contributed by atoms with van der Waals surface area (Å²) in [7, 11) is 0. The van der Waals surface area contributed by atoms with Gasteiger partial charge in [0.1, 0.15) is 5.69 Å². The molecule has 2 N–H and O–H groups in total. The van der Waals surface area contributed by atoms with Crippen LogP contribution in [0, 0.1) is 0 Å². The van der Waals surface area contributed by atoms with Gasteiger partial charge < -0.3 is 10.1 Å². The number of halogens is 1. The quantitative estimate of drug-likeness (QED) is 0.767. The predicted molar refractivity (Wildman–Crippen MR) is 92.4 cm³/mol. The van der Waals surface area contributed by atoms with Crippen LogP contribution in [0.15, 0.2) is 34.8 Å². The van der Waals surface area contributed by atoms with E-state index in [0.717, 1.165) is 35.7 Å². The van der Waals surface area contributed by atoms with Gasteiger partial charge in [0.15, 0.2) is 6.61 Å². The molecular formula is C17H18BrN3O3. The first kappa shape index (κ1) is 16.7. The molecule has 0 atom stereocenters. The number of carbonyl (C=O) groups is 2. The third-order valence-corrected chi connectivity index (χ3v) is 4.52. The molecule has 1 aromatic heterocycles. The largest absolute Gasteiger partial charge is 0.451 e. The number of H-pyrrole nitrogens is 1. The summed E-state index contributed by atoms with van der Waals surface area (Å²) in [6, 6.07) is 9.41. The van der Waals surface area contributed by atoms with Gasteiger partial charge in [0.2, 0.25) is 0 Å². The minimum atomic E-state index is -0.590. The molecule has 2 aromatic rings. The van der Waals surface area contributed by atoms with E-state index in [2.05, 4.69) is 31.4 Å².